The van der Waals surface area contributed by atoms with E-state index in [0.29, 0.717) is 28.0 Å². The Kier molecular flexibility index (Phi) is 7.10. The maximum Gasteiger partial charge on any atom is 0.258 e. The van der Waals surface area contributed by atoms with Gasteiger partial charge in [0.2, 0.25) is 5.91 Å². The van der Waals surface area contributed by atoms with Crippen molar-refractivity contribution < 1.29 is 14.3 Å². The topological polar surface area (TPSA) is 58.6 Å². The zero-order valence-electron chi connectivity index (χ0n) is 13.7. The third-order valence-corrected chi connectivity index (χ3v) is 3.94. The Balaban J connectivity index is 1.81. The van der Waals surface area contributed by atoms with Crippen molar-refractivity contribution in [3.63, 3.8) is 0 Å². The van der Waals surface area contributed by atoms with E-state index in [-0.39, 0.29) is 25.0 Å². The summed E-state index contributed by atoms with van der Waals surface area (Å²) in [7, 11) is 0. The van der Waals surface area contributed by atoms with Crippen LogP contribution in [0.2, 0.25) is 10.0 Å². The Morgan fingerprint density at radius 1 is 1.08 bits per heavy atom. The summed E-state index contributed by atoms with van der Waals surface area (Å²) in [5, 5.41) is 3.79. The van der Waals surface area contributed by atoms with Crippen molar-refractivity contribution in [2.75, 3.05) is 24.6 Å². The van der Waals surface area contributed by atoms with E-state index in [9.17, 15) is 9.59 Å². The predicted molar refractivity (Wildman–Crippen MR) is 99.4 cm³/mol. The zero-order valence-corrected chi connectivity index (χ0v) is 15.2. The summed E-state index contributed by atoms with van der Waals surface area (Å²) in [5.41, 5.74) is 0.614. The highest BCUT2D eigenvalue weighted by atomic mass is 35.5. The van der Waals surface area contributed by atoms with Crippen molar-refractivity contribution in [3.8, 4) is 5.75 Å². The molecule has 1 N–H and O–H groups in total. The summed E-state index contributed by atoms with van der Waals surface area (Å²) in [6, 6.07) is 13.8. The summed E-state index contributed by atoms with van der Waals surface area (Å²) in [6.45, 7) is 1.93. The molecule has 0 fully saturated rings. The van der Waals surface area contributed by atoms with E-state index in [4.69, 9.17) is 27.9 Å². The quantitative estimate of drug-likeness (QED) is 0.798. The van der Waals surface area contributed by atoms with Crippen LogP contribution in [0.5, 0.6) is 5.75 Å². The third kappa shape index (κ3) is 5.96. The molecule has 0 aliphatic heterocycles. The van der Waals surface area contributed by atoms with Crippen LogP contribution in [0.25, 0.3) is 0 Å². The minimum absolute atomic E-state index is 0.117. The molecule has 132 valence electrons. The second kappa shape index (κ2) is 9.30. The summed E-state index contributed by atoms with van der Waals surface area (Å²) >= 11 is 11.9. The van der Waals surface area contributed by atoms with Crippen LogP contribution < -0.4 is 15.0 Å². The van der Waals surface area contributed by atoms with Crippen LogP contribution in [0.15, 0.2) is 48.5 Å². The number of para-hydroxylation sites is 1. The molecule has 0 aliphatic carbocycles. The van der Waals surface area contributed by atoms with Gasteiger partial charge in [0, 0.05) is 25.0 Å². The van der Waals surface area contributed by atoms with Gasteiger partial charge in [0.15, 0.2) is 6.61 Å². The van der Waals surface area contributed by atoms with Crippen LogP contribution in [0.4, 0.5) is 5.69 Å². The number of nitrogens with zero attached hydrogens (tertiary/aromatic N) is 1. The molecule has 0 atom stereocenters. The number of amides is 2. The molecule has 0 saturated carbocycles. The van der Waals surface area contributed by atoms with E-state index >= 15 is 0 Å². The zero-order chi connectivity index (χ0) is 18.2. The molecule has 0 saturated heterocycles. The molecular formula is C18H18Cl2N2O3. The van der Waals surface area contributed by atoms with Crippen LogP contribution in [0.3, 0.4) is 0 Å². The maximum absolute atomic E-state index is 11.8. The predicted octanol–water partition coefficient (Wildman–Crippen LogP) is 3.54. The highest BCUT2D eigenvalue weighted by Gasteiger charge is 2.14. The minimum atomic E-state index is -0.280. The molecule has 2 amide bonds. The van der Waals surface area contributed by atoms with E-state index in [1.807, 2.05) is 0 Å². The Labute approximate surface area is 156 Å². The molecule has 2 aromatic rings. The number of ether oxygens (including phenoxy) is 1. The van der Waals surface area contributed by atoms with Crippen molar-refractivity contribution in [1.82, 2.24) is 5.32 Å². The van der Waals surface area contributed by atoms with Crippen LogP contribution in [0, 0.1) is 0 Å². The second-order valence-electron chi connectivity index (χ2n) is 5.21. The van der Waals surface area contributed by atoms with Crippen LogP contribution >= 0.6 is 23.2 Å². The first-order chi connectivity index (χ1) is 12.0. The Morgan fingerprint density at radius 3 is 2.40 bits per heavy atom. The van der Waals surface area contributed by atoms with Crippen molar-refractivity contribution in [3.05, 3.63) is 58.6 Å². The molecule has 0 aliphatic rings. The highest BCUT2D eigenvalue weighted by Crippen LogP contribution is 2.24. The van der Waals surface area contributed by atoms with Gasteiger partial charge in [-0.3, -0.25) is 9.59 Å². The Bertz CT molecular complexity index is 735. The van der Waals surface area contributed by atoms with E-state index in [1.165, 1.54) is 11.8 Å². The fraction of sp³-hybridized carbons (Fsp3) is 0.222. The lowest BCUT2D eigenvalue weighted by molar-refractivity contribution is -0.123. The first-order valence-electron chi connectivity index (χ1n) is 7.65. The number of halogens is 2. The number of carbonyl (C=O) groups is 2. The number of rotatable bonds is 7. The molecule has 2 aromatic carbocycles. The summed E-state index contributed by atoms with van der Waals surface area (Å²) < 4.78 is 5.36. The fourth-order valence-corrected chi connectivity index (χ4v) is 2.52. The first kappa shape index (κ1) is 19.1. The van der Waals surface area contributed by atoms with Crippen molar-refractivity contribution in [2.24, 2.45) is 0 Å². The lowest BCUT2D eigenvalue weighted by atomic mass is 10.3. The van der Waals surface area contributed by atoms with E-state index < -0.39 is 0 Å². The molecular weight excluding hydrogens is 363 g/mol. The van der Waals surface area contributed by atoms with Gasteiger partial charge in [-0.25, -0.2) is 0 Å². The molecule has 0 unspecified atom stereocenters. The number of carbonyl (C=O) groups excluding carboxylic acids is 2. The standard InChI is InChI=1S/C18H18Cl2N2O3/c1-13(23)22(17-5-3-2-4-16(17)20)11-10-21-18(24)12-25-15-8-6-14(19)7-9-15/h2-9H,10-12H2,1H3,(H,21,24). The molecule has 0 spiro atoms. The van der Waals surface area contributed by atoms with Crippen LogP contribution in [-0.2, 0) is 9.59 Å². The van der Waals surface area contributed by atoms with Crippen LogP contribution in [0.1, 0.15) is 6.92 Å². The molecule has 25 heavy (non-hydrogen) atoms. The minimum Gasteiger partial charge on any atom is -0.484 e. The molecule has 7 heteroatoms. The number of hydrogen-bond acceptors (Lipinski definition) is 3. The van der Waals surface area contributed by atoms with Crippen molar-refractivity contribution in [1.29, 1.82) is 0 Å². The van der Waals surface area contributed by atoms with Crippen molar-refractivity contribution in [2.45, 2.75) is 6.92 Å². The lowest BCUT2D eigenvalue weighted by Crippen LogP contribution is -2.39. The maximum atomic E-state index is 11.8. The summed E-state index contributed by atoms with van der Waals surface area (Å²) in [4.78, 5) is 25.2. The number of anilines is 1. The number of hydrogen-bond donors (Lipinski definition) is 1. The summed E-state index contributed by atoms with van der Waals surface area (Å²) in [6.07, 6.45) is 0. The molecule has 2 rings (SSSR count). The molecule has 0 heterocycles. The van der Waals surface area contributed by atoms with Gasteiger partial charge in [0.1, 0.15) is 5.75 Å². The molecule has 0 bridgehead atoms. The Hall–Kier alpha value is -2.24. The lowest BCUT2D eigenvalue weighted by Gasteiger charge is -2.22. The third-order valence-electron chi connectivity index (χ3n) is 3.36. The highest BCUT2D eigenvalue weighted by molar-refractivity contribution is 6.33. The van der Waals surface area contributed by atoms with Gasteiger partial charge in [0.05, 0.1) is 10.7 Å². The number of nitrogens with one attached hydrogen (secondary N) is 1. The first-order valence-corrected chi connectivity index (χ1v) is 8.40. The second-order valence-corrected chi connectivity index (χ2v) is 6.06. The monoisotopic (exact) mass is 380 g/mol. The van der Waals surface area contributed by atoms with Gasteiger partial charge in [-0.1, -0.05) is 35.3 Å². The molecule has 0 aromatic heterocycles. The average molecular weight is 381 g/mol. The molecule has 0 radical (unpaired) electrons. The normalized spacial score (nSPS) is 10.2. The number of benzene rings is 2. The van der Waals surface area contributed by atoms with Gasteiger partial charge in [-0.2, -0.15) is 0 Å². The van der Waals surface area contributed by atoms with Gasteiger partial charge in [-0.05, 0) is 36.4 Å². The largest absolute Gasteiger partial charge is 0.484 e. The fourth-order valence-electron chi connectivity index (χ4n) is 2.16. The van der Waals surface area contributed by atoms with Gasteiger partial charge in [0.25, 0.3) is 5.91 Å². The average Bonchev–Trinajstić information content (AvgIpc) is 2.59. The van der Waals surface area contributed by atoms with E-state index in [0.717, 1.165) is 0 Å². The van der Waals surface area contributed by atoms with Gasteiger partial charge >= 0.3 is 0 Å². The smallest absolute Gasteiger partial charge is 0.258 e. The van der Waals surface area contributed by atoms with Crippen LogP contribution in [-0.4, -0.2) is 31.5 Å². The SMILES string of the molecule is CC(=O)N(CCNC(=O)COc1ccc(Cl)cc1)c1ccccc1Cl. The summed E-state index contributed by atoms with van der Waals surface area (Å²) in [5.74, 6) is 0.123. The Morgan fingerprint density at radius 2 is 1.76 bits per heavy atom. The van der Waals surface area contributed by atoms with Gasteiger partial charge in [-0.15, -0.1) is 0 Å². The van der Waals surface area contributed by atoms with E-state index in [2.05, 4.69) is 5.32 Å². The van der Waals surface area contributed by atoms with E-state index in [1.54, 1.807) is 48.5 Å². The van der Waals surface area contributed by atoms with Crippen molar-refractivity contribution >= 4 is 40.7 Å². The molecule has 5 nitrogen and oxygen atoms in total. The van der Waals surface area contributed by atoms with Gasteiger partial charge < -0.3 is 15.0 Å².